The van der Waals surface area contributed by atoms with Crippen molar-refractivity contribution in [2.45, 2.75) is 5.92 Å². The van der Waals surface area contributed by atoms with E-state index in [-0.39, 0.29) is 28.6 Å². The Hall–Kier alpha value is -4.72. The molecule has 0 saturated heterocycles. The van der Waals surface area contributed by atoms with Gasteiger partial charge in [0, 0.05) is 17.2 Å². The monoisotopic (exact) mass is 449 g/mol. The van der Waals surface area contributed by atoms with Crippen LogP contribution in [0, 0.1) is 21.4 Å². The second-order valence-corrected chi connectivity index (χ2v) is 6.97. The normalized spacial score (nSPS) is 14.7. The predicted molar refractivity (Wildman–Crippen MR) is 116 cm³/mol. The molecule has 33 heavy (non-hydrogen) atoms. The maximum Gasteiger partial charge on any atom is 0.273 e. The van der Waals surface area contributed by atoms with Gasteiger partial charge in [0.2, 0.25) is 17.5 Å². The number of aromatic amines is 1. The second-order valence-electron chi connectivity index (χ2n) is 6.97. The van der Waals surface area contributed by atoms with Gasteiger partial charge in [0.1, 0.15) is 11.6 Å². The molecule has 0 spiro atoms. The highest BCUT2D eigenvalue weighted by Gasteiger charge is 2.39. The van der Waals surface area contributed by atoms with Gasteiger partial charge in [0.25, 0.3) is 5.69 Å². The van der Waals surface area contributed by atoms with Crippen molar-refractivity contribution in [3.63, 3.8) is 0 Å². The molecule has 4 rings (SSSR count). The van der Waals surface area contributed by atoms with Crippen LogP contribution in [0.3, 0.4) is 0 Å². The van der Waals surface area contributed by atoms with Crippen LogP contribution in [0.25, 0.3) is 11.3 Å². The Bertz CT molecular complexity index is 1300. The molecule has 168 valence electrons. The van der Waals surface area contributed by atoms with E-state index in [0.717, 1.165) is 0 Å². The number of nitro groups is 1. The molecule has 1 aliphatic heterocycles. The van der Waals surface area contributed by atoms with Crippen molar-refractivity contribution in [3.8, 4) is 40.5 Å². The number of H-pyrrole nitrogens is 1. The van der Waals surface area contributed by atoms with Crippen LogP contribution in [0.4, 0.5) is 5.69 Å². The number of nitrogens with two attached hydrogens (primary N) is 1. The van der Waals surface area contributed by atoms with E-state index in [1.54, 1.807) is 30.3 Å². The molecule has 0 bridgehead atoms. The number of nitrogens with one attached hydrogen (secondary N) is 1. The van der Waals surface area contributed by atoms with Crippen LogP contribution in [0.1, 0.15) is 17.0 Å². The van der Waals surface area contributed by atoms with Gasteiger partial charge in [-0.15, -0.1) is 5.10 Å². The van der Waals surface area contributed by atoms with E-state index < -0.39 is 10.8 Å². The summed E-state index contributed by atoms with van der Waals surface area (Å²) < 4.78 is 21.8. The molecule has 1 atom stereocenters. The number of nitro benzene ring substituents is 1. The Labute approximate surface area is 188 Å². The van der Waals surface area contributed by atoms with Crippen molar-refractivity contribution in [2.24, 2.45) is 5.73 Å². The third-order valence-electron chi connectivity index (χ3n) is 5.34. The molecule has 1 aliphatic rings. The van der Waals surface area contributed by atoms with Crippen LogP contribution < -0.4 is 24.7 Å². The van der Waals surface area contributed by atoms with Gasteiger partial charge in [-0.3, -0.25) is 15.2 Å². The Kier molecular flexibility index (Phi) is 5.49. The fourth-order valence-electron chi connectivity index (χ4n) is 3.90. The van der Waals surface area contributed by atoms with Crippen molar-refractivity contribution in [3.05, 3.63) is 69.1 Å². The fourth-order valence-corrected chi connectivity index (χ4v) is 3.90. The zero-order chi connectivity index (χ0) is 23.7. The Balaban J connectivity index is 2.01. The molecule has 3 N–H and O–H groups in total. The SMILES string of the molecule is COc1cc(-c2[nH]nc3c2[C@H](c2ccccc2[N+](=O)[O-])C(C#N)=C(N)O3)cc(OC)c1OC. The topological polar surface area (TPSA) is 159 Å². The van der Waals surface area contributed by atoms with Crippen molar-refractivity contribution < 1.29 is 23.9 Å². The summed E-state index contributed by atoms with van der Waals surface area (Å²) in [6, 6.07) is 11.6. The van der Waals surface area contributed by atoms with Gasteiger partial charge >= 0.3 is 0 Å². The standard InChI is InChI=1S/C22H19N5O6/c1-30-15-8-11(9-16(31-2)20(15)32-3)19-18-17(12-6-4-5-7-14(12)27(28)29)13(10-23)21(24)33-22(18)26-25-19/h4-9,17H,24H2,1-3H3,(H,25,26)/t17-/m1/s1. The molecule has 0 amide bonds. The van der Waals surface area contributed by atoms with E-state index in [0.29, 0.717) is 34.1 Å². The van der Waals surface area contributed by atoms with Gasteiger partial charge in [-0.25, -0.2) is 0 Å². The van der Waals surface area contributed by atoms with Crippen LogP contribution in [-0.4, -0.2) is 36.5 Å². The highest BCUT2D eigenvalue weighted by atomic mass is 16.6. The van der Waals surface area contributed by atoms with Crippen LogP contribution >= 0.6 is 0 Å². The first-order valence-corrected chi connectivity index (χ1v) is 9.64. The van der Waals surface area contributed by atoms with Crippen LogP contribution in [0.15, 0.2) is 47.9 Å². The Morgan fingerprint density at radius 2 is 1.85 bits per heavy atom. The van der Waals surface area contributed by atoms with Crippen molar-refractivity contribution in [2.75, 3.05) is 21.3 Å². The molecule has 0 unspecified atom stereocenters. The number of para-hydroxylation sites is 1. The fraction of sp³-hybridized carbons (Fsp3) is 0.182. The van der Waals surface area contributed by atoms with E-state index in [1.165, 1.54) is 27.4 Å². The minimum Gasteiger partial charge on any atom is -0.493 e. The number of rotatable bonds is 6. The predicted octanol–water partition coefficient (Wildman–Crippen LogP) is 3.23. The maximum absolute atomic E-state index is 11.8. The third-order valence-corrected chi connectivity index (χ3v) is 5.34. The minimum absolute atomic E-state index is 0.0342. The van der Waals surface area contributed by atoms with Gasteiger partial charge in [-0.2, -0.15) is 5.26 Å². The molecule has 2 aromatic carbocycles. The lowest BCUT2D eigenvalue weighted by molar-refractivity contribution is -0.385. The third kappa shape index (κ3) is 3.43. The number of aromatic nitrogens is 2. The number of methoxy groups -OCH3 is 3. The van der Waals surface area contributed by atoms with E-state index in [2.05, 4.69) is 10.2 Å². The quantitative estimate of drug-likeness (QED) is 0.425. The first-order chi connectivity index (χ1) is 15.9. The van der Waals surface area contributed by atoms with Crippen molar-refractivity contribution >= 4 is 5.69 Å². The lowest BCUT2D eigenvalue weighted by Crippen LogP contribution is -2.21. The summed E-state index contributed by atoms with van der Waals surface area (Å²) in [4.78, 5) is 11.3. The van der Waals surface area contributed by atoms with Gasteiger partial charge < -0.3 is 24.7 Å². The number of hydrogen-bond donors (Lipinski definition) is 2. The lowest BCUT2D eigenvalue weighted by Gasteiger charge is -2.24. The molecule has 3 aromatic rings. The summed E-state index contributed by atoms with van der Waals surface area (Å²) in [6.07, 6.45) is 0. The van der Waals surface area contributed by atoms with Crippen LogP contribution in [0.5, 0.6) is 23.1 Å². The molecule has 2 heterocycles. The summed E-state index contributed by atoms with van der Waals surface area (Å²) in [5.74, 6) is 0.225. The number of ether oxygens (including phenoxy) is 4. The maximum atomic E-state index is 11.8. The van der Waals surface area contributed by atoms with Gasteiger partial charge in [0.15, 0.2) is 11.5 Å². The van der Waals surface area contributed by atoms with Gasteiger partial charge in [0.05, 0.1) is 43.4 Å². The van der Waals surface area contributed by atoms with Crippen molar-refractivity contribution in [1.82, 2.24) is 10.2 Å². The first-order valence-electron chi connectivity index (χ1n) is 9.64. The number of allylic oxidation sites excluding steroid dienone is 1. The van der Waals surface area contributed by atoms with Crippen molar-refractivity contribution in [1.29, 1.82) is 5.26 Å². The van der Waals surface area contributed by atoms with E-state index in [4.69, 9.17) is 24.7 Å². The zero-order valence-corrected chi connectivity index (χ0v) is 17.9. The number of benzene rings is 2. The number of nitriles is 1. The average Bonchev–Trinajstić information content (AvgIpc) is 3.25. The Morgan fingerprint density at radius 1 is 1.18 bits per heavy atom. The molecule has 11 heteroatoms. The van der Waals surface area contributed by atoms with E-state index in [9.17, 15) is 15.4 Å². The lowest BCUT2D eigenvalue weighted by atomic mass is 9.82. The van der Waals surface area contributed by atoms with E-state index >= 15 is 0 Å². The Morgan fingerprint density at radius 3 is 2.42 bits per heavy atom. The summed E-state index contributed by atoms with van der Waals surface area (Å²) in [5.41, 5.74) is 7.59. The summed E-state index contributed by atoms with van der Waals surface area (Å²) in [6.45, 7) is 0. The molecular formula is C22H19N5O6. The zero-order valence-electron chi connectivity index (χ0n) is 17.9. The number of hydrogen-bond acceptors (Lipinski definition) is 9. The largest absolute Gasteiger partial charge is 0.493 e. The molecule has 0 saturated carbocycles. The van der Waals surface area contributed by atoms with Crippen LogP contribution in [0.2, 0.25) is 0 Å². The first kappa shape index (κ1) is 21.5. The molecule has 11 nitrogen and oxygen atoms in total. The summed E-state index contributed by atoms with van der Waals surface area (Å²) in [7, 11) is 4.46. The second kappa shape index (κ2) is 8.43. The molecular weight excluding hydrogens is 430 g/mol. The highest BCUT2D eigenvalue weighted by molar-refractivity contribution is 5.75. The van der Waals surface area contributed by atoms with Crippen LogP contribution in [-0.2, 0) is 0 Å². The van der Waals surface area contributed by atoms with E-state index in [1.807, 2.05) is 6.07 Å². The molecule has 1 aromatic heterocycles. The smallest absolute Gasteiger partial charge is 0.273 e. The highest BCUT2D eigenvalue weighted by Crippen LogP contribution is 2.49. The number of nitrogens with zero attached hydrogens (tertiary/aromatic N) is 3. The summed E-state index contributed by atoms with van der Waals surface area (Å²) >= 11 is 0. The number of fused-ring (bicyclic) bond motifs is 1. The van der Waals surface area contributed by atoms with Gasteiger partial charge in [-0.1, -0.05) is 18.2 Å². The molecule has 0 radical (unpaired) electrons. The molecule has 0 fully saturated rings. The van der Waals surface area contributed by atoms with Gasteiger partial charge in [-0.05, 0) is 12.1 Å². The summed E-state index contributed by atoms with van der Waals surface area (Å²) in [5, 5.41) is 28.7. The minimum atomic E-state index is -0.895. The molecule has 0 aliphatic carbocycles. The average molecular weight is 449 g/mol.